The van der Waals surface area contributed by atoms with Crippen LogP contribution in [0, 0.1) is 0 Å². The number of hydrogen-bond donors (Lipinski definition) is 1. The summed E-state index contributed by atoms with van der Waals surface area (Å²) in [4.78, 5) is 22.2. The monoisotopic (exact) mass is 247 g/mol. The number of carboxylic acids is 1. The largest absolute Gasteiger partial charge is 0.477 e. The minimum absolute atomic E-state index is 0.0605. The van der Waals surface area contributed by atoms with Crippen molar-refractivity contribution in [2.75, 3.05) is 0 Å². The molecule has 1 heterocycles. The van der Waals surface area contributed by atoms with Gasteiger partial charge in [-0.1, -0.05) is 23.2 Å². The molecule has 0 aliphatic rings. The second-order valence-corrected chi connectivity index (χ2v) is 3.42. The van der Waals surface area contributed by atoms with Crippen molar-refractivity contribution < 1.29 is 9.90 Å². The summed E-state index contributed by atoms with van der Waals surface area (Å²) in [6.07, 6.45) is 1.44. The lowest BCUT2D eigenvalue weighted by Gasteiger charge is -2.04. The van der Waals surface area contributed by atoms with E-state index in [1.54, 1.807) is 0 Å². The Morgan fingerprint density at radius 2 is 2.27 bits per heavy atom. The van der Waals surface area contributed by atoms with Crippen LogP contribution >= 0.6 is 23.2 Å². The van der Waals surface area contributed by atoms with E-state index in [1.807, 2.05) is 0 Å². The number of carbonyl (C=O) groups is 1. The van der Waals surface area contributed by atoms with E-state index in [0.717, 1.165) is 5.54 Å². The van der Waals surface area contributed by atoms with Gasteiger partial charge in [-0.05, 0) is 12.1 Å². The zero-order valence-corrected chi connectivity index (χ0v) is 9.00. The van der Waals surface area contributed by atoms with Crippen molar-refractivity contribution in [2.45, 2.75) is 6.54 Å². The number of halogens is 2. The van der Waals surface area contributed by atoms with Gasteiger partial charge in [0.25, 0.3) is 5.56 Å². The number of rotatable bonds is 3. The van der Waals surface area contributed by atoms with Gasteiger partial charge >= 0.3 is 5.97 Å². The number of hydrogen-bond acceptors (Lipinski definition) is 2. The molecular formula is C9H7Cl2NO3. The molecule has 0 aromatic carbocycles. The number of allylic oxidation sites excluding steroid dienone is 1. The average molecular weight is 248 g/mol. The van der Waals surface area contributed by atoms with Gasteiger partial charge in [-0.15, -0.1) is 0 Å². The molecule has 0 unspecified atom stereocenters. The molecule has 0 saturated heterocycles. The van der Waals surface area contributed by atoms with Gasteiger partial charge in [0, 0.05) is 16.8 Å². The second kappa shape index (κ2) is 5.00. The fourth-order valence-electron chi connectivity index (χ4n) is 1.02. The average Bonchev–Trinajstić information content (AvgIpc) is 2.20. The standard InChI is InChI=1S/C9H7Cl2NO3/c10-4-6(11)5-12-3-1-2-7(8(12)13)9(14)15/h1-4H,5H2,(H,14,15). The molecule has 0 aliphatic heterocycles. The van der Waals surface area contributed by atoms with Crippen molar-refractivity contribution in [3.63, 3.8) is 0 Å². The maximum Gasteiger partial charge on any atom is 0.341 e. The van der Waals surface area contributed by atoms with Gasteiger partial charge in [0.2, 0.25) is 0 Å². The lowest BCUT2D eigenvalue weighted by Crippen LogP contribution is -2.25. The fourth-order valence-corrected chi connectivity index (χ4v) is 1.22. The Kier molecular flexibility index (Phi) is 3.94. The summed E-state index contributed by atoms with van der Waals surface area (Å²) in [5.74, 6) is -1.26. The lowest BCUT2D eigenvalue weighted by molar-refractivity contribution is 0.0694. The van der Waals surface area contributed by atoms with Crippen LogP contribution in [0.5, 0.6) is 0 Å². The van der Waals surface area contributed by atoms with Crippen molar-refractivity contribution in [1.29, 1.82) is 0 Å². The third kappa shape index (κ3) is 2.84. The summed E-state index contributed by atoms with van der Waals surface area (Å²) in [5.41, 5.74) is 0.222. The fraction of sp³-hybridized carbons (Fsp3) is 0.111. The first kappa shape index (κ1) is 11.8. The van der Waals surface area contributed by atoms with Crippen LogP contribution in [-0.4, -0.2) is 15.6 Å². The zero-order chi connectivity index (χ0) is 11.4. The van der Waals surface area contributed by atoms with E-state index in [0.29, 0.717) is 0 Å². The van der Waals surface area contributed by atoms with E-state index in [2.05, 4.69) is 0 Å². The van der Waals surface area contributed by atoms with Crippen molar-refractivity contribution >= 4 is 29.2 Å². The van der Waals surface area contributed by atoms with Crippen LogP contribution in [0.3, 0.4) is 0 Å². The Labute approximate surface area is 95.4 Å². The van der Waals surface area contributed by atoms with Gasteiger partial charge in [-0.25, -0.2) is 4.79 Å². The molecule has 1 N–H and O–H groups in total. The maximum atomic E-state index is 11.5. The number of nitrogens with zero attached hydrogens (tertiary/aromatic N) is 1. The molecule has 0 aliphatic carbocycles. The van der Waals surface area contributed by atoms with E-state index < -0.39 is 11.5 Å². The highest BCUT2D eigenvalue weighted by molar-refractivity contribution is 6.36. The molecular weight excluding hydrogens is 241 g/mol. The van der Waals surface area contributed by atoms with Gasteiger partial charge < -0.3 is 9.67 Å². The molecule has 0 radical (unpaired) electrons. The number of aromatic carboxylic acids is 1. The molecule has 0 fully saturated rings. The van der Waals surface area contributed by atoms with Crippen LogP contribution in [0.15, 0.2) is 33.7 Å². The molecule has 80 valence electrons. The molecule has 0 bridgehead atoms. The van der Waals surface area contributed by atoms with Crippen molar-refractivity contribution in [2.24, 2.45) is 0 Å². The van der Waals surface area contributed by atoms with Crippen LogP contribution < -0.4 is 5.56 Å². The van der Waals surface area contributed by atoms with Gasteiger partial charge in [-0.2, -0.15) is 0 Å². The summed E-state index contributed by atoms with van der Waals surface area (Å²) in [7, 11) is 0. The number of aromatic nitrogens is 1. The summed E-state index contributed by atoms with van der Waals surface area (Å²) < 4.78 is 1.17. The summed E-state index contributed by atoms with van der Waals surface area (Å²) in [6, 6.07) is 2.70. The van der Waals surface area contributed by atoms with E-state index in [1.165, 1.54) is 22.9 Å². The Hall–Kier alpha value is -1.26. The normalized spacial score (nSPS) is 11.5. The first-order chi connectivity index (χ1) is 7.06. The molecule has 0 amide bonds. The number of pyridine rings is 1. The quantitative estimate of drug-likeness (QED) is 0.888. The van der Waals surface area contributed by atoms with E-state index >= 15 is 0 Å². The molecule has 0 atom stereocenters. The summed E-state index contributed by atoms with van der Waals surface area (Å²) in [5, 5.41) is 8.95. The van der Waals surface area contributed by atoms with Gasteiger partial charge in [0.1, 0.15) is 5.56 Å². The predicted molar refractivity (Wildman–Crippen MR) is 57.5 cm³/mol. The van der Waals surface area contributed by atoms with Gasteiger partial charge in [0.15, 0.2) is 0 Å². The Balaban J connectivity index is 3.16. The van der Waals surface area contributed by atoms with Crippen LogP contribution in [-0.2, 0) is 6.54 Å². The lowest BCUT2D eigenvalue weighted by atomic mass is 10.3. The topological polar surface area (TPSA) is 59.3 Å². The van der Waals surface area contributed by atoms with Crippen molar-refractivity contribution in [3.8, 4) is 0 Å². The second-order valence-electron chi connectivity index (χ2n) is 2.72. The third-order valence-corrected chi connectivity index (χ3v) is 2.29. The SMILES string of the molecule is O=C(O)c1cccn(CC(Cl)=CCl)c1=O. The molecule has 15 heavy (non-hydrogen) atoms. The molecule has 1 aromatic heterocycles. The van der Waals surface area contributed by atoms with E-state index in [-0.39, 0.29) is 17.1 Å². The third-order valence-electron chi connectivity index (χ3n) is 1.69. The van der Waals surface area contributed by atoms with Crippen LogP contribution in [0.4, 0.5) is 0 Å². The molecule has 0 spiro atoms. The highest BCUT2D eigenvalue weighted by Gasteiger charge is 2.10. The highest BCUT2D eigenvalue weighted by atomic mass is 35.5. The Morgan fingerprint density at radius 1 is 1.60 bits per heavy atom. The zero-order valence-electron chi connectivity index (χ0n) is 7.48. The van der Waals surface area contributed by atoms with Gasteiger partial charge in [-0.3, -0.25) is 4.79 Å². The predicted octanol–water partition coefficient (Wildman–Crippen LogP) is 1.87. The molecule has 1 rings (SSSR count). The van der Waals surface area contributed by atoms with Crippen molar-refractivity contribution in [3.05, 3.63) is 44.8 Å². The van der Waals surface area contributed by atoms with E-state index in [9.17, 15) is 9.59 Å². The van der Waals surface area contributed by atoms with Crippen LogP contribution in [0.2, 0.25) is 0 Å². The Bertz CT molecular complexity index is 465. The van der Waals surface area contributed by atoms with Crippen molar-refractivity contribution in [1.82, 2.24) is 4.57 Å². The maximum absolute atomic E-state index is 11.5. The number of carboxylic acid groups (broad SMARTS) is 1. The summed E-state index contributed by atoms with van der Waals surface area (Å²) in [6.45, 7) is 0.0605. The minimum atomic E-state index is -1.26. The smallest absolute Gasteiger partial charge is 0.341 e. The van der Waals surface area contributed by atoms with Gasteiger partial charge in [0.05, 0.1) is 6.54 Å². The molecule has 6 heteroatoms. The van der Waals surface area contributed by atoms with Crippen LogP contribution in [0.25, 0.3) is 0 Å². The first-order valence-electron chi connectivity index (χ1n) is 3.93. The molecule has 4 nitrogen and oxygen atoms in total. The highest BCUT2D eigenvalue weighted by Crippen LogP contribution is 2.05. The minimum Gasteiger partial charge on any atom is -0.477 e. The molecule has 1 aromatic rings. The molecule has 0 saturated carbocycles. The Morgan fingerprint density at radius 3 is 2.80 bits per heavy atom. The van der Waals surface area contributed by atoms with Crippen LogP contribution in [0.1, 0.15) is 10.4 Å². The van der Waals surface area contributed by atoms with E-state index in [4.69, 9.17) is 28.3 Å². The summed E-state index contributed by atoms with van der Waals surface area (Å²) >= 11 is 11.0. The first-order valence-corrected chi connectivity index (χ1v) is 4.75.